The SMILES string of the molecule is CCNc1cc(C#N)c(N2CCN(Cc3cccnn3)CC2)cc1CC(C)C. The second kappa shape index (κ2) is 9.52. The zero-order chi connectivity index (χ0) is 19.9. The molecule has 0 unspecified atom stereocenters. The van der Waals surface area contributed by atoms with Crippen LogP contribution in [0.2, 0.25) is 0 Å². The molecule has 1 fully saturated rings. The Morgan fingerprint density at radius 3 is 2.61 bits per heavy atom. The van der Waals surface area contributed by atoms with Crippen LogP contribution >= 0.6 is 0 Å². The van der Waals surface area contributed by atoms with Gasteiger partial charge in [0.25, 0.3) is 0 Å². The van der Waals surface area contributed by atoms with Crippen LogP contribution in [0.5, 0.6) is 0 Å². The second-order valence-corrected chi connectivity index (χ2v) is 7.74. The molecule has 1 saturated heterocycles. The molecular weight excluding hydrogens is 348 g/mol. The molecule has 1 aliphatic rings. The molecule has 0 spiro atoms. The van der Waals surface area contributed by atoms with Gasteiger partial charge in [-0.05, 0) is 49.1 Å². The zero-order valence-electron chi connectivity index (χ0n) is 17.1. The maximum absolute atomic E-state index is 9.73. The Morgan fingerprint density at radius 2 is 2.00 bits per heavy atom. The lowest BCUT2D eigenvalue weighted by atomic mass is 9.97. The van der Waals surface area contributed by atoms with Crippen LogP contribution in [0, 0.1) is 17.2 Å². The molecule has 0 radical (unpaired) electrons. The van der Waals surface area contributed by atoms with Crippen LogP contribution in [0.1, 0.15) is 37.6 Å². The molecule has 1 N–H and O–H groups in total. The van der Waals surface area contributed by atoms with Gasteiger partial charge >= 0.3 is 0 Å². The summed E-state index contributed by atoms with van der Waals surface area (Å²) in [5, 5.41) is 21.3. The van der Waals surface area contributed by atoms with Gasteiger partial charge in [-0.15, -0.1) is 0 Å². The Kier molecular flexibility index (Phi) is 6.83. The number of aromatic nitrogens is 2. The van der Waals surface area contributed by atoms with E-state index < -0.39 is 0 Å². The molecule has 0 amide bonds. The fraction of sp³-hybridized carbons (Fsp3) is 0.500. The zero-order valence-corrected chi connectivity index (χ0v) is 17.1. The average Bonchev–Trinajstić information content (AvgIpc) is 2.70. The Labute approximate surface area is 168 Å². The van der Waals surface area contributed by atoms with Gasteiger partial charge in [0.2, 0.25) is 0 Å². The van der Waals surface area contributed by atoms with E-state index in [1.54, 1.807) is 6.20 Å². The highest BCUT2D eigenvalue weighted by Gasteiger charge is 2.21. The largest absolute Gasteiger partial charge is 0.385 e. The smallest absolute Gasteiger partial charge is 0.101 e. The van der Waals surface area contributed by atoms with Gasteiger partial charge in [-0.3, -0.25) is 4.90 Å². The number of piperazine rings is 1. The van der Waals surface area contributed by atoms with Crippen LogP contribution in [0.15, 0.2) is 30.5 Å². The van der Waals surface area contributed by atoms with Crippen LogP contribution < -0.4 is 10.2 Å². The number of benzene rings is 1. The van der Waals surface area contributed by atoms with Gasteiger partial charge < -0.3 is 10.2 Å². The van der Waals surface area contributed by atoms with E-state index in [0.717, 1.165) is 68.3 Å². The third kappa shape index (κ3) is 4.99. The number of hydrogen-bond donors (Lipinski definition) is 1. The molecule has 0 atom stereocenters. The molecule has 0 saturated carbocycles. The Morgan fingerprint density at radius 1 is 1.21 bits per heavy atom. The van der Waals surface area contributed by atoms with E-state index in [0.29, 0.717) is 5.92 Å². The van der Waals surface area contributed by atoms with E-state index in [1.165, 1.54) is 5.56 Å². The molecular formula is C22H30N6. The number of nitrogens with one attached hydrogen (secondary N) is 1. The number of anilines is 2. The number of hydrogen-bond acceptors (Lipinski definition) is 6. The minimum atomic E-state index is 0.571. The molecule has 1 aliphatic heterocycles. The van der Waals surface area contributed by atoms with E-state index in [4.69, 9.17) is 0 Å². The van der Waals surface area contributed by atoms with Crippen molar-refractivity contribution in [2.75, 3.05) is 42.9 Å². The summed E-state index contributed by atoms with van der Waals surface area (Å²) in [5.74, 6) is 0.571. The van der Waals surface area contributed by atoms with E-state index >= 15 is 0 Å². The van der Waals surface area contributed by atoms with Gasteiger partial charge in [-0.1, -0.05) is 13.8 Å². The summed E-state index contributed by atoms with van der Waals surface area (Å²) in [7, 11) is 0. The van der Waals surface area contributed by atoms with Crippen molar-refractivity contribution >= 4 is 11.4 Å². The normalized spacial score (nSPS) is 14.9. The van der Waals surface area contributed by atoms with Gasteiger partial charge in [0, 0.05) is 51.2 Å². The third-order valence-electron chi connectivity index (χ3n) is 5.06. The molecule has 6 heteroatoms. The first kappa shape index (κ1) is 20.1. The summed E-state index contributed by atoms with van der Waals surface area (Å²) < 4.78 is 0. The predicted molar refractivity (Wildman–Crippen MR) is 113 cm³/mol. The lowest BCUT2D eigenvalue weighted by Gasteiger charge is -2.36. The Bertz CT molecular complexity index is 804. The lowest BCUT2D eigenvalue weighted by molar-refractivity contribution is 0.246. The average molecular weight is 379 g/mol. The summed E-state index contributed by atoms with van der Waals surface area (Å²) in [4.78, 5) is 4.75. The third-order valence-corrected chi connectivity index (χ3v) is 5.06. The van der Waals surface area contributed by atoms with E-state index in [1.807, 2.05) is 18.2 Å². The summed E-state index contributed by atoms with van der Waals surface area (Å²) in [6.07, 6.45) is 2.71. The highest BCUT2D eigenvalue weighted by molar-refractivity contribution is 5.69. The van der Waals surface area contributed by atoms with Crippen LogP contribution in [-0.4, -0.2) is 47.8 Å². The fourth-order valence-corrected chi connectivity index (χ4v) is 3.74. The Balaban J connectivity index is 1.75. The molecule has 148 valence electrons. The highest BCUT2D eigenvalue weighted by Crippen LogP contribution is 2.30. The van der Waals surface area contributed by atoms with Crippen molar-refractivity contribution in [3.8, 4) is 6.07 Å². The summed E-state index contributed by atoms with van der Waals surface area (Å²) in [6, 6.07) is 10.6. The molecule has 28 heavy (non-hydrogen) atoms. The first-order valence-electron chi connectivity index (χ1n) is 10.2. The minimum Gasteiger partial charge on any atom is -0.385 e. The first-order chi connectivity index (χ1) is 13.6. The molecule has 3 rings (SSSR count). The molecule has 1 aromatic carbocycles. The predicted octanol–water partition coefficient (Wildman–Crippen LogP) is 3.30. The van der Waals surface area contributed by atoms with Crippen molar-refractivity contribution in [2.24, 2.45) is 5.92 Å². The lowest BCUT2D eigenvalue weighted by Crippen LogP contribution is -2.46. The summed E-state index contributed by atoms with van der Waals surface area (Å²) >= 11 is 0. The van der Waals surface area contributed by atoms with Crippen molar-refractivity contribution in [3.63, 3.8) is 0 Å². The van der Waals surface area contributed by atoms with Crippen molar-refractivity contribution in [1.29, 1.82) is 5.26 Å². The van der Waals surface area contributed by atoms with Crippen molar-refractivity contribution in [3.05, 3.63) is 47.3 Å². The van der Waals surface area contributed by atoms with Crippen LogP contribution in [0.25, 0.3) is 0 Å². The van der Waals surface area contributed by atoms with Crippen LogP contribution in [0.3, 0.4) is 0 Å². The monoisotopic (exact) mass is 378 g/mol. The molecule has 1 aromatic heterocycles. The van der Waals surface area contributed by atoms with Gasteiger partial charge in [-0.2, -0.15) is 15.5 Å². The van der Waals surface area contributed by atoms with E-state index in [2.05, 4.69) is 58.2 Å². The summed E-state index contributed by atoms with van der Waals surface area (Å²) in [6.45, 7) is 12.0. The van der Waals surface area contributed by atoms with Gasteiger partial charge in [0.05, 0.1) is 16.9 Å². The van der Waals surface area contributed by atoms with Crippen molar-refractivity contribution < 1.29 is 0 Å². The Hall–Kier alpha value is -2.65. The number of nitriles is 1. The van der Waals surface area contributed by atoms with Gasteiger partial charge in [0.15, 0.2) is 0 Å². The standard InChI is InChI=1S/C22H30N6/c1-4-24-21-13-19(15-23)22(14-18(21)12-17(2)3)28-10-8-27(9-11-28)16-20-6-5-7-25-26-20/h5-7,13-14,17,24H,4,8-12,16H2,1-3H3. The number of rotatable bonds is 7. The minimum absolute atomic E-state index is 0.571. The van der Waals surface area contributed by atoms with Crippen LogP contribution in [-0.2, 0) is 13.0 Å². The molecule has 2 heterocycles. The van der Waals surface area contributed by atoms with Crippen molar-refractivity contribution in [2.45, 2.75) is 33.7 Å². The quantitative estimate of drug-likeness (QED) is 0.797. The van der Waals surface area contributed by atoms with Gasteiger partial charge in [-0.25, -0.2) is 0 Å². The summed E-state index contributed by atoms with van der Waals surface area (Å²) in [5.41, 5.74) is 5.22. The first-order valence-corrected chi connectivity index (χ1v) is 10.2. The molecule has 0 bridgehead atoms. The van der Waals surface area contributed by atoms with Crippen LogP contribution in [0.4, 0.5) is 11.4 Å². The van der Waals surface area contributed by atoms with Gasteiger partial charge in [0.1, 0.15) is 6.07 Å². The molecule has 0 aliphatic carbocycles. The van der Waals surface area contributed by atoms with Crippen molar-refractivity contribution in [1.82, 2.24) is 15.1 Å². The van der Waals surface area contributed by atoms with E-state index in [9.17, 15) is 5.26 Å². The van der Waals surface area contributed by atoms with E-state index in [-0.39, 0.29) is 0 Å². The maximum atomic E-state index is 9.73. The fourth-order valence-electron chi connectivity index (χ4n) is 3.74. The topological polar surface area (TPSA) is 68.1 Å². The highest BCUT2D eigenvalue weighted by atomic mass is 15.3. The molecule has 6 nitrogen and oxygen atoms in total. The maximum Gasteiger partial charge on any atom is 0.101 e. The number of nitrogens with zero attached hydrogens (tertiary/aromatic N) is 5. The second-order valence-electron chi connectivity index (χ2n) is 7.74. The molecule has 2 aromatic rings.